The average Bonchev–Trinajstić information content (AvgIpc) is 3.12. The van der Waals surface area contributed by atoms with Crippen molar-refractivity contribution >= 4 is 28.4 Å². The minimum atomic E-state index is -0.225. The fourth-order valence-corrected chi connectivity index (χ4v) is 2.82. The van der Waals surface area contributed by atoms with Crippen molar-refractivity contribution < 1.29 is 9.59 Å². The molecule has 4 aromatic rings. The first-order valence-corrected chi connectivity index (χ1v) is 8.14. The van der Waals surface area contributed by atoms with Crippen LogP contribution >= 0.6 is 0 Å². The predicted octanol–water partition coefficient (Wildman–Crippen LogP) is 3.98. The van der Waals surface area contributed by atoms with Crippen molar-refractivity contribution in [3.05, 3.63) is 96.4 Å². The lowest BCUT2D eigenvalue weighted by Gasteiger charge is -2.07. The van der Waals surface area contributed by atoms with Gasteiger partial charge in [-0.15, -0.1) is 0 Å². The minimum absolute atomic E-state index is 0.0901. The second kappa shape index (κ2) is 6.64. The summed E-state index contributed by atoms with van der Waals surface area (Å²) in [6.45, 7) is 0. The van der Waals surface area contributed by atoms with Crippen LogP contribution in [0.5, 0.6) is 0 Å². The zero-order valence-corrected chi connectivity index (χ0v) is 13.8. The quantitative estimate of drug-likeness (QED) is 0.613. The summed E-state index contributed by atoms with van der Waals surface area (Å²) in [5.41, 5.74) is 2.57. The Morgan fingerprint density at radius 1 is 0.885 bits per heavy atom. The number of hydrogen-bond acceptors (Lipinski definition) is 3. The van der Waals surface area contributed by atoms with Gasteiger partial charge in [0.05, 0.1) is 11.1 Å². The number of rotatable bonds is 3. The molecule has 1 amide bonds. The Morgan fingerprint density at radius 2 is 1.69 bits per heavy atom. The van der Waals surface area contributed by atoms with Crippen LogP contribution in [-0.4, -0.2) is 21.4 Å². The number of benzene rings is 2. The van der Waals surface area contributed by atoms with Crippen LogP contribution in [0.2, 0.25) is 0 Å². The Bertz CT molecular complexity index is 1090. The number of nitrogens with zero attached hydrogens (tertiary/aromatic N) is 2. The lowest BCUT2D eigenvalue weighted by atomic mass is 10.2. The number of nitrogens with one attached hydrogen (secondary N) is 1. The molecule has 5 nitrogen and oxygen atoms in total. The summed E-state index contributed by atoms with van der Waals surface area (Å²) in [5.74, 6) is -0.315. The number of amides is 1. The summed E-state index contributed by atoms with van der Waals surface area (Å²) in [6, 6.07) is 19.9. The monoisotopic (exact) mass is 341 g/mol. The number of carbonyl (C=O) groups excluding carboxylic acids is 2. The molecule has 0 aliphatic heterocycles. The van der Waals surface area contributed by atoms with Crippen molar-refractivity contribution in [2.24, 2.45) is 0 Å². The van der Waals surface area contributed by atoms with Crippen molar-refractivity contribution in [3.63, 3.8) is 0 Å². The predicted molar refractivity (Wildman–Crippen MR) is 100 cm³/mol. The van der Waals surface area contributed by atoms with Gasteiger partial charge >= 0.3 is 0 Å². The van der Waals surface area contributed by atoms with Crippen molar-refractivity contribution in [2.45, 2.75) is 0 Å². The van der Waals surface area contributed by atoms with Gasteiger partial charge in [0.15, 0.2) is 0 Å². The number of hydrogen-bond donors (Lipinski definition) is 1. The van der Waals surface area contributed by atoms with Gasteiger partial charge in [-0.25, -0.2) is 0 Å². The van der Waals surface area contributed by atoms with Crippen LogP contribution in [0.15, 0.2) is 85.3 Å². The Morgan fingerprint density at radius 3 is 2.46 bits per heavy atom. The molecule has 0 atom stereocenters. The molecule has 0 aliphatic carbocycles. The maximum atomic E-state index is 12.7. The molecule has 0 unspecified atom stereocenters. The van der Waals surface area contributed by atoms with Crippen LogP contribution in [0, 0.1) is 0 Å². The van der Waals surface area contributed by atoms with E-state index in [1.165, 1.54) is 6.20 Å². The van der Waals surface area contributed by atoms with Crippen LogP contribution in [0.4, 0.5) is 5.69 Å². The highest BCUT2D eigenvalue weighted by molar-refractivity contribution is 6.06. The summed E-state index contributed by atoms with van der Waals surface area (Å²) in [5, 5.41) is 3.72. The van der Waals surface area contributed by atoms with Gasteiger partial charge in [0.1, 0.15) is 0 Å². The van der Waals surface area contributed by atoms with Gasteiger partial charge in [0.25, 0.3) is 11.8 Å². The molecule has 126 valence electrons. The molecular formula is C21H15N3O2. The van der Waals surface area contributed by atoms with E-state index >= 15 is 0 Å². The molecule has 1 N–H and O–H groups in total. The number of carbonyl (C=O) groups is 2. The lowest BCUT2D eigenvalue weighted by Crippen LogP contribution is -2.12. The minimum Gasteiger partial charge on any atom is -0.322 e. The second-order valence-corrected chi connectivity index (χ2v) is 5.83. The number of anilines is 1. The summed E-state index contributed by atoms with van der Waals surface area (Å²) in [4.78, 5) is 28.8. The van der Waals surface area contributed by atoms with Gasteiger partial charge in [-0.1, -0.05) is 18.2 Å². The summed E-state index contributed by atoms with van der Waals surface area (Å²) in [7, 11) is 0. The van der Waals surface area contributed by atoms with E-state index in [1.54, 1.807) is 47.3 Å². The first-order valence-electron chi connectivity index (χ1n) is 8.14. The first kappa shape index (κ1) is 15.8. The normalized spacial score (nSPS) is 10.6. The van der Waals surface area contributed by atoms with Gasteiger partial charge in [0.2, 0.25) is 0 Å². The first-order chi connectivity index (χ1) is 12.7. The summed E-state index contributed by atoms with van der Waals surface area (Å²) >= 11 is 0. The van der Waals surface area contributed by atoms with E-state index in [4.69, 9.17) is 0 Å². The fourth-order valence-electron chi connectivity index (χ4n) is 2.82. The van der Waals surface area contributed by atoms with E-state index in [-0.39, 0.29) is 11.8 Å². The van der Waals surface area contributed by atoms with Crippen molar-refractivity contribution in [1.82, 2.24) is 9.55 Å². The standard InChI is InChI=1S/C21H15N3O2/c25-20(17-7-4-11-22-14-17)23-18-8-9-19-16(13-18)10-12-24(19)21(26)15-5-2-1-3-6-15/h1-14H,(H,23,25). The largest absolute Gasteiger partial charge is 0.322 e. The molecule has 0 spiro atoms. The highest BCUT2D eigenvalue weighted by Crippen LogP contribution is 2.22. The molecule has 0 bridgehead atoms. The summed E-state index contributed by atoms with van der Waals surface area (Å²) < 4.78 is 1.61. The van der Waals surface area contributed by atoms with E-state index in [9.17, 15) is 9.59 Å². The summed E-state index contributed by atoms with van der Waals surface area (Å²) in [6.07, 6.45) is 4.88. The maximum absolute atomic E-state index is 12.7. The molecule has 0 saturated heterocycles. The third-order valence-electron chi connectivity index (χ3n) is 4.11. The molecule has 0 radical (unpaired) electrons. The van der Waals surface area contributed by atoms with E-state index in [0.717, 1.165) is 10.9 Å². The third-order valence-corrected chi connectivity index (χ3v) is 4.11. The second-order valence-electron chi connectivity index (χ2n) is 5.83. The average molecular weight is 341 g/mol. The molecular weight excluding hydrogens is 326 g/mol. The smallest absolute Gasteiger partial charge is 0.262 e. The van der Waals surface area contributed by atoms with E-state index in [0.29, 0.717) is 16.8 Å². The van der Waals surface area contributed by atoms with Crippen LogP contribution in [0.1, 0.15) is 20.7 Å². The van der Waals surface area contributed by atoms with Crippen LogP contribution < -0.4 is 5.32 Å². The SMILES string of the molecule is O=C(Nc1ccc2c(ccn2C(=O)c2ccccc2)c1)c1cccnc1. The number of fused-ring (bicyclic) bond motifs is 1. The van der Waals surface area contributed by atoms with Crippen LogP contribution in [0.3, 0.4) is 0 Å². The van der Waals surface area contributed by atoms with Gasteiger partial charge < -0.3 is 5.32 Å². The molecule has 0 saturated carbocycles. The molecule has 5 heteroatoms. The van der Waals surface area contributed by atoms with E-state index < -0.39 is 0 Å². The Labute approximate surface area is 149 Å². The van der Waals surface area contributed by atoms with E-state index in [1.807, 2.05) is 36.4 Å². The van der Waals surface area contributed by atoms with Crippen LogP contribution in [0.25, 0.3) is 10.9 Å². The molecule has 0 fully saturated rings. The topological polar surface area (TPSA) is 64.0 Å². The zero-order valence-electron chi connectivity index (χ0n) is 13.8. The Hall–Kier alpha value is -3.73. The highest BCUT2D eigenvalue weighted by atomic mass is 16.2. The van der Waals surface area contributed by atoms with Crippen molar-refractivity contribution in [1.29, 1.82) is 0 Å². The highest BCUT2D eigenvalue weighted by Gasteiger charge is 2.12. The number of aromatic nitrogens is 2. The van der Waals surface area contributed by atoms with E-state index in [2.05, 4.69) is 10.3 Å². The van der Waals surface area contributed by atoms with Gasteiger partial charge in [-0.05, 0) is 48.5 Å². The molecule has 26 heavy (non-hydrogen) atoms. The van der Waals surface area contributed by atoms with Crippen molar-refractivity contribution in [2.75, 3.05) is 5.32 Å². The molecule has 2 heterocycles. The lowest BCUT2D eigenvalue weighted by molar-refractivity contribution is 0.0964. The molecule has 2 aromatic carbocycles. The molecule has 4 rings (SSSR count). The maximum Gasteiger partial charge on any atom is 0.262 e. The number of pyridine rings is 1. The third kappa shape index (κ3) is 2.98. The Kier molecular flexibility index (Phi) is 4.03. The fraction of sp³-hybridized carbons (Fsp3) is 0. The molecule has 0 aliphatic rings. The van der Waals surface area contributed by atoms with Gasteiger partial charge in [-0.2, -0.15) is 0 Å². The molecule has 2 aromatic heterocycles. The van der Waals surface area contributed by atoms with Crippen LogP contribution in [-0.2, 0) is 0 Å². The van der Waals surface area contributed by atoms with Crippen molar-refractivity contribution in [3.8, 4) is 0 Å². The zero-order chi connectivity index (χ0) is 17.9. The van der Waals surface area contributed by atoms with Gasteiger partial charge in [-0.3, -0.25) is 19.1 Å². The Balaban J connectivity index is 1.62. The van der Waals surface area contributed by atoms with Gasteiger partial charge in [0, 0.05) is 35.2 Å².